The van der Waals surface area contributed by atoms with Gasteiger partial charge < -0.3 is 14.5 Å². The molecule has 1 aliphatic rings. The van der Waals surface area contributed by atoms with E-state index < -0.39 is 22.9 Å². The Bertz CT molecular complexity index is 1560. The number of halogens is 3. The van der Waals surface area contributed by atoms with E-state index in [0.717, 1.165) is 15.6 Å². The number of hydrogen-bond acceptors (Lipinski definition) is 8. The number of thiazole rings is 1. The minimum atomic E-state index is -4.66. The highest BCUT2D eigenvalue weighted by molar-refractivity contribution is 7.20. The maximum absolute atomic E-state index is 13.7. The topological polar surface area (TPSA) is 97.3 Å². The Morgan fingerprint density at radius 1 is 1.03 bits per heavy atom. The number of ether oxygens (including phenoxy) is 1. The normalized spacial score (nSPS) is 15.1. The van der Waals surface area contributed by atoms with Crippen LogP contribution in [-0.4, -0.2) is 66.8 Å². The number of alkyl halides is 3. The van der Waals surface area contributed by atoms with Gasteiger partial charge in [-0.25, -0.2) is 19.3 Å². The van der Waals surface area contributed by atoms with Crippen LogP contribution in [0, 0.1) is 6.92 Å². The standard InChI is InChI=1S/C23H24F3N7O3S/c1-13-11-33-19(27-13)14(23(24,25)26)9-16(29-33)15-10-17(34)32-12-18(37-20(32)28-15)30-5-7-31(8-6-30)21(35)36-22(2,3)4/h9-12H,5-8H2,1-4H3. The zero-order chi connectivity index (χ0) is 26.7. The number of carbonyl (C=O) groups is 1. The van der Waals surface area contributed by atoms with Crippen LogP contribution in [0.4, 0.5) is 23.0 Å². The molecule has 1 fully saturated rings. The molecular formula is C23H24F3N7O3S. The fourth-order valence-electron chi connectivity index (χ4n) is 4.03. The van der Waals surface area contributed by atoms with Crippen LogP contribution in [0.1, 0.15) is 32.0 Å². The van der Waals surface area contributed by atoms with E-state index in [4.69, 9.17) is 4.74 Å². The van der Waals surface area contributed by atoms with Crippen molar-refractivity contribution >= 4 is 33.0 Å². The molecule has 0 aliphatic carbocycles. The summed E-state index contributed by atoms with van der Waals surface area (Å²) in [6.07, 6.45) is -1.99. The van der Waals surface area contributed by atoms with Crippen LogP contribution < -0.4 is 10.5 Å². The van der Waals surface area contributed by atoms with Gasteiger partial charge >= 0.3 is 12.3 Å². The molecule has 0 N–H and O–H groups in total. The molecule has 0 unspecified atom stereocenters. The first-order valence-corrected chi connectivity index (χ1v) is 12.3. The zero-order valence-corrected chi connectivity index (χ0v) is 21.4. The van der Waals surface area contributed by atoms with E-state index in [2.05, 4.69) is 15.1 Å². The van der Waals surface area contributed by atoms with Crippen molar-refractivity contribution in [2.75, 3.05) is 31.1 Å². The quantitative estimate of drug-likeness (QED) is 0.385. The lowest BCUT2D eigenvalue weighted by Gasteiger charge is -2.35. The van der Waals surface area contributed by atoms with Gasteiger partial charge in [0.15, 0.2) is 10.6 Å². The van der Waals surface area contributed by atoms with E-state index in [1.807, 2.05) is 25.7 Å². The maximum Gasteiger partial charge on any atom is 0.420 e. The van der Waals surface area contributed by atoms with Crippen molar-refractivity contribution < 1.29 is 22.7 Å². The molecule has 196 valence electrons. The Morgan fingerprint density at radius 2 is 1.73 bits per heavy atom. The van der Waals surface area contributed by atoms with Gasteiger partial charge in [-0.3, -0.25) is 9.20 Å². The number of nitrogens with zero attached hydrogens (tertiary/aromatic N) is 7. The fraction of sp³-hybridized carbons (Fsp3) is 0.435. The van der Waals surface area contributed by atoms with E-state index in [-0.39, 0.29) is 23.1 Å². The van der Waals surface area contributed by atoms with Crippen molar-refractivity contribution in [2.24, 2.45) is 0 Å². The number of aromatic nitrogens is 5. The summed E-state index contributed by atoms with van der Waals surface area (Å²) < 4.78 is 49.0. The summed E-state index contributed by atoms with van der Waals surface area (Å²) in [4.78, 5) is 37.6. The number of piperazine rings is 1. The van der Waals surface area contributed by atoms with Crippen LogP contribution in [0.15, 0.2) is 29.3 Å². The predicted octanol–water partition coefficient (Wildman–Crippen LogP) is 3.85. The van der Waals surface area contributed by atoms with Crippen LogP contribution in [0.2, 0.25) is 0 Å². The van der Waals surface area contributed by atoms with Crippen molar-refractivity contribution in [1.29, 1.82) is 0 Å². The largest absolute Gasteiger partial charge is 0.444 e. The number of imidazole rings is 1. The summed E-state index contributed by atoms with van der Waals surface area (Å²) in [6.45, 7) is 8.96. The summed E-state index contributed by atoms with van der Waals surface area (Å²) in [7, 11) is 0. The number of carbonyl (C=O) groups excluding carboxylic acids is 1. The second-order valence-electron chi connectivity index (χ2n) is 9.75. The van der Waals surface area contributed by atoms with Crippen LogP contribution in [-0.2, 0) is 10.9 Å². The Labute approximate surface area is 212 Å². The van der Waals surface area contributed by atoms with Gasteiger partial charge in [0, 0.05) is 38.4 Å². The van der Waals surface area contributed by atoms with Gasteiger partial charge in [-0.05, 0) is 33.8 Å². The SMILES string of the molecule is Cc1cn2nc(-c3cc(=O)n4cc(N5CCN(C(=O)OC(C)(C)C)CC5)sc4n3)cc(C(F)(F)F)c2n1. The molecule has 1 amide bonds. The molecule has 1 aliphatic heterocycles. The molecule has 0 radical (unpaired) electrons. The summed E-state index contributed by atoms with van der Waals surface area (Å²) in [6, 6.07) is 2.03. The van der Waals surface area contributed by atoms with Gasteiger partial charge in [0.05, 0.1) is 17.6 Å². The molecule has 37 heavy (non-hydrogen) atoms. The number of aryl methyl sites for hydroxylation is 1. The lowest BCUT2D eigenvalue weighted by Crippen LogP contribution is -2.50. The average molecular weight is 536 g/mol. The highest BCUT2D eigenvalue weighted by atomic mass is 32.1. The zero-order valence-electron chi connectivity index (χ0n) is 20.5. The van der Waals surface area contributed by atoms with E-state index in [1.54, 1.807) is 18.0 Å². The number of fused-ring (bicyclic) bond motifs is 2. The monoisotopic (exact) mass is 535 g/mol. The van der Waals surface area contributed by atoms with Gasteiger partial charge in [0.2, 0.25) is 0 Å². The Hall–Kier alpha value is -3.68. The predicted molar refractivity (Wildman–Crippen MR) is 131 cm³/mol. The summed E-state index contributed by atoms with van der Waals surface area (Å²) in [5.41, 5.74) is -1.95. The summed E-state index contributed by atoms with van der Waals surface area (Å²) >= 11 is 1.24. The van der Waals surface area contributed by atoms with Gasteiger partial charge in [-0.2, -0.15) is 18.3 Å². The molecule has 4 aromatic rings. The Morgan fingerprint density at radius 3 is 2.38 bits per heavy atom. The first-order valence-electron chi connectivity index (χ1n) is 11.5. The second-order valence-corrected chi connectivity index (χ2v) is 10.7. The Kier molecular flexibility index (Phi) is 5.89. The van der Waals surface area contributed by atoms with Crippen LogP contribution >= 0.6 is 11.3 Å². The van der Waals surface area contributed by atoms with Gasteiger partial charge in [0.1, 0.15) is 21.9 Å². The molecule has 0 aromatic carbocycles. The van der Waals surface area contributed by atoms with Crippen LogP contribution in [0.5, 0.6) is 0 Å². The highest BCUT2D eigenvalue weighted by Crippen LogP contribution is 2.34. The second kappa shape index (κ2) is 8.71. The van der Waals surface area contributed by atoms with Crippen LogP contribution in [0.3, 0.4) is 0 Å². The van der Waals surface area contributed by atoms with E-state index in [0.29, 0.717) is 36.8 Å². The summed E-state index contributed by atoms with van der Waals surface area (Å²) in [5, 5.41) is 4.98. The van der Waals surface area contributed by atoms with Crippen molar-refractivity contribution in [3.05, 3.63) is 46.1 Å². The summed E-state index contributed by atoms with van der Waals surface area (Å²) in [5.74, 6) is 0. The molecule has 10 nitrogen and oxygen atoms in total. The molecule has 0 bridgehead atoms. The van der Waals surface area contributed by atoms with Crippen LogP contribution in [0.25, 0.3) is 22.0 Å². The first-order chi connectivity index (χ1) is 17.3. The fourth-order valence-corrected chi connectivity index (χ4v) is 5.07. The number of amides is 1. The minimum Gasteiger partial charge on any atom is -0.444 e. The number of rotatable bonds is 2. The number of anilines is 1. The highest BCUT2D eigenvalue weighted by Gasteiger charge is 2.35. The van der Waals surface area contributed by atoms with Crippen molar-refractivity contribution in [3.8, 4) is 11.4 Å². The molecular weight excluding hydrogens is 511 g/mol. The average Bonchev–Trinajstić information content (AvgIpc) is 3.39. The lowest BCUT2D eigenvalue weighted by atomic mass is 10.2. The molecule has 5 heterocycles. The molecule has 1 saturated heterocycles. The third kappa shape index (κ3) is 4.97. The van der Waals surface area contributed by atoms with Crippen molar-refractivity contribution in [1.82, 2.24) is 28.9 Å². The van der Waals surface area contributed by atoms with Gasteiger partial charge in [0.25, 0.3) is 5.56 Å². The van der Waals surface area contributed by atoms with Crippen molar-refractivity contribution in [3.63, 3.8) is 0 Å². The minimum absolute atomic E-state index is 0.0342. The van der Waals surface area contributed by atoms with E-state index >= 15 is 0 Å². The third-order valence-electron chi connectivity index (χ3n) is 5.71. The molecule has 5 rings (SSSR count). The molecule has 14 heteroatoms. The van der Waals surface area contributed by atoms with E-state index in [1.165, 1.54) is 28.0 Å². The van der Waals surface area contributed by atoms with Gasteiger partial charge in [-0.15, -0.1) is 0 Å². The first kappa shape index (κ1) is 25.0. The smallest absolute Gasteiger partial charge is 0.420 e. The van der Waals surface area contributed by atoms with Gasteiger partial charge in [-0.1, -0.05) is 11.3 Å². The number of hydrogen-bond donors (Lipinski definition) is 0. The molecule has 0 spiro atoms. The molecule has 4 aromatic heterocycles. The lowest BCUT2D eigenvalue weighted by molar-refractivity contribution is -0.136. The third-order valence-corrected chi connectivity index (χ3v) is 6.76. The molecule has 0 atom stereocenters. The van der Waals surface area contributed by atoms with E-state index in [9.17, 15) is 22.8 Å². The van der Waals surface area contributed by atoms with Crippen molar-refractivity contribution in [2.45, 2.75) is 39.5 Å². The maximum atomic E-state index is 13.7. The molecule has 0 saturated carbocycles. The Balaban J connectivity index is 1.44.